The van der Waals surface area contributed by atoms with Crippen molar-refractivity contribution in [2.75, 3.05) is 20.3 Å². The lowest BCUT2D eigenvalue weighted by Gasteiger charge is -2.10. The summed E-state index contributed by atoms with van der Waals surface area (Å²) in [5, 5.41) is 0.937. The number of aromatic nitrogens is 1. The Kier molecular flexibility index (Phi) is 5.94. The number of para-hydroxylation sites is 1. The third-order valence-electron chi connectivity index (χ3n) is 4.89. The van der Waals surface area contributed by atoms with Gasteiger partial charge in [0, 0.05) is 40.4 Å². The predicted octanol–water partition coefficient (Wildman–Crippen LogP) is 5.16. The van der Waals surface area contributed by atoms with Crippen LogP contribution in [0.4, 0.5) is 9.18 Å². The minimum absolute atomic E-state index is 0.214. The van der Waals surface area contributed by atoms with Gasteiger partial charge in [0.25, 0.3) is 11.1 Å². The molecule has 0 bridgehead atoms. The molecule has 0 unspecified atom stereocenters. The Morgan fingerprint density at radius 2 is 1.97 bits per heavy atom. The first kappa shape index (κ1) is 20.7. The molecule has 0 radical (unpaired) electrons. The summed E-state index contributed by atoms with van der Waals surface area (Å²) in [5.74, 6) is -0.711. The lowest BCUT2D eigenvalue weighted by atomic mass is 10.1. The summed E-state index contributed by atoms with van der Waals surface area (Å²) in [5.41, 5.74) is 2.04. The zero-order valence-electron chi connectivity index (χ0n) is 16.1. The molecule has 4 rings (SSSR count). The van der Waals surface area contributed by atoms with Crippen molar-refractivity contribution in [1.82, 2.24) is 9.47 Å². The van der Waals surface area contributed by atoms with Gasteiger partial charge in [0.05, 0.1) is 24.6 Å². The number of carbonyl (C=O) groups excluding carboxylic acids is 2. The Labute approximate surface area is 182 Å². The average Bonchev–Trinajstić information content (AvgIpc) is 3.21. The second-order valence-electron chi connectivity index (χ2n) is 6.76. The van der Waals surface area contributed by atoms with E-state index in [4.69, 9.17) is 16.3 Å². The lowest BCUT2D eigenvalue weighted by Crippen LogP contribution is -2.31. The van der Waals surface area contributed by atoms with Crippen LogP contribution in [0.3, 0.4) is 0 Å². The fourth-order valence-corrected chi connectivity index (χ4v) is 4.47. The van der Waals surface area contributed by atoms with Crippen molar-refractivity contribution in [2.45, 2.75) is 6.54 Å². The average molecular weight is 445 g/mol. The highest BCUT2D eigenvalue weighted by Crippen LogP contribution is 2.34. The van der Waals surface area contributed by atoms with Crippen molar-refractivity contribution in [3.8, 4) is 0 Å². The monoisotopic (exact) mass is 444 g/mol. The Morgan fingerprint density at radius 1 is 1.17 bits per heavy atom. The van der Waals surface area contributed by atoms with Gasteiger partial charge in [0.2, 0.25) is 0 Å². The molecule has 2 aromatic carbocycles. The van der Waals surface area contributed by atoms with Gasteiger partial charge in [-0.2, -0.15) is 0 Å². The minimum atomic E-state index is -0.374. The molecule has 5 nitrogen and oxygen atoms in total. The Balaban J connectivity index is 1.72. The third kappa shape index (κ3) is 3.88. The zero-order chi connectivity index (χ0) is 21.3. The fraction of sp³-hybridized carbons (Fsp3) is 0.182. The van der Waals surface area contributed by atoms with Crippen molar-refractivity contribution in [3.63, 3.8) is 0 Å². The third-order valence-corrected chi connectivity index (χ3v) is 6.15. The number of hydrogen-bond acceptors (Lipinski definition) is 4. The Morgan fingerprint density at radius 3 is 2.73 bits per heavy atom. The lowest BCUT2D eigenvalue weighted by molar-refractivity contribution is -0.123. The van der Waals surface area contributed by atoms with Gasteiger partial charge in [-0.05, 0) is 36.0 Å². The van der Waals surface area contributed by atoms with Crippen LogP contribution < -0.4 is 0 Å². The molecular formula is C22H18ClFN2O3S. The maximum absolute atomic E-state index is 14.3. The van der Waals surface area contributed by atoms with E-state index in [1.165, 1.54) is 18.1 Å². The largest absolute Gasteiger partial charge is 0.383 e. The molecule has 2 amide bonds. The summed E-state index contributed by atoms with van der Waals surface area (Å²) >= 11 is 7.11. The van der Waals surface area contributed by atoms with Crippen LogP contribution in [0.25, 0.3) is 17.0 Å². The van der Waals surface area contributed by atoms with E-state index in [-0.39, 0.29) is 36.7 Å². The van der Waals surface area contributed by atoms with Gasteiger partial charge in [-0.15, -0.1) is 0 Å². The standard InChI is InChI=1S/C22H18ClFN2O3S/c1-29-10-9-26-21(27)20(30-22(26)28)11-14-12-25(19-8-3-2-5-15(14)19)13-16-17(23)6-4-7-18(16)24/h2-8,11-12H,9-10,13H2,1H3/b20-11+. The molecule has 1 aliphatic heterocycles. The number of benzene rings is 2. The molecule has 0 aliphatic carbocycles. The molecule has 30 heavy (non-hydrogen) atoms. The van der Waals surface area contributed by atoms with E-state index in [1.807, 2.05) is 35.0 Å². The molecule has 3 aromatic rings. The van der Waals surface area contributed by atoms with Gasteiger partial charge < -0.3 is 9.30 Å². The second kappa shape index (κ2) is 8.63. The van der Waals surface area contributed by atoms with Crippen LogP contribution in [-0.4, -0.2) is 40.9 Å². The highest BCUT2D eigenvalue weighted by Gasteiger charge is 2.34. The van der Waals surface area contributed by atoms with Crippen LogP contribution in [0.2, 0.25) is 5.02 Å². The molecule has 1 fully saturated rings. The molecule has 2 heterocycles. The van der Waals surface area contributed by atoms with Gasteiger partial charge in [0.1, 0.15) is 5.82 Å². The molecule has 1 saturated heterocycles. The molecule has 1 aromatic heterocycles. The summed E-state index contributed by atoms with van der Waals surface area (Å²) in [6, 6.07) is 12.2. The number of halogens is 2. The first-order chi connectivity index (χ1) is 14.5. The van der Waals surface area contributed by atoms with E-state index in [9.17, 15) is 14.0 Å². The molecule has 0 spiro atoms. The molecular weight excluding hydrogens is 427 g/mol. The Hall–Kier alpha value is -2.61. The SMILES string of the molecule is COCCN1C(=O)S/C(=C/c2cn(Cc3c(F)cccc3Cl)c3ccccc23)C1=O. The number of rotatable bonds is 6. The summed E-state index contributed by atoms with van der Waals surface area (Å²) in [4.78, 5) is 26.4. The van der Waals surface area contributed by atoms with Gasteiger partial charge in [-0.25, -0.2) is 4.39 Å². The maximum atomic E-state index is 14.3. The molecule has 0 atom stereocenters. The van der Waals surface area contributed by atoms with Gasteiger partial charge in [-0.1, -0.05) is 35.9 Å². The van der Waals surface area contributed by atoms with Crippen molar-refractivity contribution >= 4 is 51.5 Å². The van der Waals surface area contributed by atoms with Gasteiger partial charge >= 0.3 is 0 Å². The number of imide groups is 1. The first-order valence-corrected chi connectivity index (χ1v) is 10.4. The number of methoxy groups -OCH3 is 1. The van der Waals surface area contributed by atoms with Gasteiger partial charge in [-0.3, -0.25) is 14.5 Å². The van der Waals surface area contributed by atoms with E-state index >= 15 is 0 Å². The highest BCUT2D eigenvalue weighted by atomic mass is 35.5. The number of thioether (sulfide) groups is 1. The summed E-state index contributed by atoms with van der Waals surface area (Å²) in [6.45, 7) is 0.745. The number of ether oxygens (including phenoxy) is 1. The number of nitrogens with zero attached hydrogens (tertiary/aromatic N) is 2. The van der Waals surface area contributed by atoms with Crippen LogP contribution in [0, 0.1) is 5.82 Å². The van der Waals surface area contributed by atoms with Crippen LogP contribution in [-0.2, 0) is 16.1 Å². The van der Waals surface area contributed by atoms with E-state index in [2.05, 4.69) is 0 Å². The molecule has 154 valence electrons. The summed E-state index contributed by atoms with van der Waals surface area (Å²) < 4.78 is 21.2. The molecule has 1 aliphatic rings. The maximum Gasteiger partial charge on any atom is 0.293 e. The fourth-order valence-electron chi connectivity index (χ4n) is 3.39. The van der Waals surface area contributed by atoms with Crippen LogP contribution >= 0.6 is 23.4 Å². The van der Waals surface area contributed by atoms with E-state index < -0.39 is 0 Å². The molecule has 8 heteroatoms. The number of fused-ring (bicyclic) bond motifs is 1. The van der Waals surface area contributed by atoms with E-state index in [1.54, 1.807) is 18.2 Å². The van der Waals surface area contributed by atoms with Gasteiger partial charge in [0.15, 0.2) is 0 Å². The number of carbonyl (C=O) groups is 2. The van der Waals surface area contributed by atoms with Crippen molar-refractivity contribution in [2.24, 2.45) is 0 Å². The second-order valence-corrected chi connectivity index (χ2v) is 8.16. The molecule has 0 saturated carbocycles. The first-order valence-electron chi connectivity index (χ1n) is 9.24. The smallest absolute Gasteiger partial charge is 0.293 e. The number of amides is 2. The number of hydrogen-bond donors (Lipinski definition) is 0. The van der Waals surface area contributed by atoms with E-state index in [0.29, 0.717) is 15.5 Å². The minimum Gasteiger partial charge on any atom is -0.383 e. The quantitative estimate of drug-likeness (QED) is 0.492. The summed E-state index contributed by atoms with van der Waals surface area (Å²) in [7, 11) is 1.52. The Bertz CT molecular complexity index is 1150. The normalized spacial score (nSPS) is 15.7. The summed E-state index contributed by atoms with van der Waals surface area (Å²) in [6.07, 6.45) is 3.55. The predicted molar refractivity (Wildman–Crippen MR) is 117 cm³/mol. The highest BCUT2D eigenvalue weighted by molar-refractivity contribution is 8.18. The van der Waals surface area contributed by atoms with Crippen LogP contribution in [0.5, 0.6) is 0 Å². The van der Waals surface area contributed by atoms with Crippen molar-refractivity contribution in [3.05, 3.63) is 75.5 Å². The zero-order valence-corrected chi connectivity index (χ0v) is 17.7. The topological polar surface area (TPSA) is 51.5 Å². The van der Waals surface area contributed by atoms with Crippen LogP contribution in [0.1, 0.15) is 11.1 Å². The van der Waals surface area contributed by atoms with Crippen molar-refractivity contribution in [1.29, 1.82) is 0 Å². The van der Waals surface area contributed by atoms with Crippen molar-refractivity contribution < 1.29 is 18.7 Å². The molecule has 0 N–H and O–H groups in total. The van der Waals surface area contributed by atoms with Crippen LogP contribution in [0.15, 0.2) is 53.6 Å². The van der Waals surface area contributed by atoms with E-state index in [0.717, 1.165) is 28.2 Å².